The lowest BCUT2D eigenvalue weighted by atomic mass is 9.97. The van der Waals surface area contributed by atoms with Crippen molar-refractivity contribution in [2.75, 3.05) is 37.7 Å². The Morgan fingerprint density at radius 3 is 2.31 bits per heavy atom. The molecule has 29 heavy (non-hydrogen) atoms. The van der Waals surface area contributed by atoms with E-state index < -0.39 is 0 Å². The molecular weight excluding hydrogens is 380 g/mol. The van der Waals surface area contributed by atoms with Gasteiger partial charge in [0.1, 0.15) is 0 Å². The van der Waals surface area contributed by atoms with E-state index in [-0.39, 0.29) is 17.7 Å². The molecule has 0 bridgehead atoms. The van der Waals surface area contributed by atoms with Crippen molar-refractivity contribution in [2.24, 2.45) is 0 Å². The number of hydrogen-bond acceptors (Lipinski definition) is 4. The van der Waals surface area contributed by atoms with E-state index in [1.165, 1.54) is 12.8 Å². The van der Waals surface area contributed by atoms with Crippen molar-refractivity contribution in [1.82, 2.24) is 9.80 Å². The standard InChI is InChI=1S/C24H28N2O2S/c27-23(19-9-2-1-3-10-19)21-11-4-5-12-22(21)24(28)26-15-8-16-29-18-20(26)17-25-13-6-7-14-25/h1-5,9-12,20H,6-8,13-18H2. The molecule has 1 atom stereocenters. The first kappa shape index (κ1) is 20.2. The van der Waals surface area contributed by atoms with Crippen LogP contribution in [-0.2, 0) is 0 Å². The van der Waals surface area contributed by atoms with Crippen LogP contribution in [0.3, 0.4) is 0 Å². The number of ketones is 1. The van der Waals surface area contributed by atoms with Crippen molar-refractivity contribution in [3.8, 4) is 0 Å². The number of thioether (sulfide) groups is 1. The molecule has 4 rings (SSSR count). The Bertz CT molecular complexity index is 849. The van der Waals surface area contributed by atoms with Crippen molar-refractivity contribution in [3.05, 3.63) is 71.3 Å². The van der Waals surface area contributed by atoms with Crippen LogP contribution in [0.15, 0.2) is 54.6 Å². The largest absolute Gasteiger partial charge is 0.333 e. The Morgan fingerprint density at radius 1 is 0.862 bits per heavy atom. The second-order valence-electron chi connectivity index (χ2n) is 7.83. The Kier molecular flexibility index (Phi) is 6.67. The Morgan fingerprint density at radius 2 is 1.55 bits per heavy atom. The molecule has 2 fully saturated rings. The Hall–Kier alpha value is -2.11. The van der Waals surface area contributed by atoms with Crippen LogP contribution in [0.5, 0.6) is 0 Å². The van der Waals surface area contributed by atoms with Gasteiger partial charge >= 0.3 is 0 Å². The summed E-state index contributed by atoms with van der Waals surface area (Å²) in [5.41, 5.74) is 1.65. The average Bonchev–Trinajstić information content (AvgIpc) is 3.17. The van der Waals surface area contributed by atoms with Crippen LogP contribution in [0.2, 0.25) is 0 Å². The van der Waals surface area contributed by atoms with E-state index in [0.717, 1.165) is 44.1 Å². The lowest BCUT2D eigenvalue weighted by molar-refractivity contribution is 0.0663. The van der Waals surface area contributed by atoms with Gasteiger partial charge in [0.25, 0.3) is 5.91 Å². The maximum absolute atomic E-state index is 13.6. The van der Waals surface area contributed by atoms with Gasteiger partial charge in [-0.1, -0.05) is 48.5 Å². The first-order valence-corrected chi connectivity index (χ1v) is 11.7. The summed E-state index contributed by atoms with van der Waals surface area (Å²) in [5.74, 6) is 1.97. The fraction of sp³-hybridized carbons (Fsp3) is 0.417. The van der Waals surface area contributed by atoms with Gasteiger partial charge < -0.3 is 9.80 Å². The monoisotopic (exact) mass is 408 g/mol. The summed E-state index contributed by atoms with van der Waals surface area (Å²) >= 11 is 1.94. The van der Waals surface area contributed by atoms with Crippen LogP contribution >= 0.6 is 11.8 Å². The predicted octanol–water partition coefficient (Wildman–Crippen LogP) is 3.96. The van der Waals surface area contributed by atoms with Gasteiger partial charge in [0, 0.05) is 30.0 Å². The maximum atomic E-state index is 13.6. The molecule has 1 amide bonds. The predicted molar refractivity (Wildman–Crippen MR) is 119 cm³/mol. The molecular formula is C24H28N2O2S. The van der Waals surface area contributed by atoms with E-state index in [1.807, 2.05) is 65.2 Å². The number of likely N-dealkylation sites (tertiary alicyclic amines) is 1. The molecule has 0 aliphatic carbocycles. The molecule has 2 aromatic rings. The smallest absolute Gasteiger partial charge is 0.254 e. The zero-order chi connectivity index (χ0) is 20.1. The highest BCUT2D eigenvalue weighted by Crippen LogP contribution is 2.23. The van der Waals surface area contributed by atoms with Gasteiger partial charge in [0.15, 0.2) is 5.78 Å². The third-order valence-electron chi connectivity index (χ3n) is 5.81. The summed E-state index contributed by atoms with van der Waals surface area (Å²) in [5, 5.41) is 0. The number of amides is 1. The van der Waals surface area contributed by atoms with Crippen molar-refractivity contribution in [1.29, 1.82) is 0 Å². The molecule has 0 spiro atoms. The number of carbonyl (C=O) groups is 2. The summed E-state index contributed by atoms with van der Waals surface area (Å²) in [4.78, 5) is 31.3. The number of rotatable bonds is 5. The molecule has 5 heteroatoms. The Labute approximate surface area is 177 Å². The van der Waals surface area contributed by atoms with E-state index in [1.54, 1.807) is 6.07 Å². The number of benzene rings is 2. The van der Waals surface area contributed by atoms with Crippen molar-refractivity contribution >= 4 is 23.5 Å². The highest BCUT2D eigenvalue weighted by atomic mass is 32.2. The second kappa shape index (κ2) is 9.59. The minimum absolute atomic E-state index is 0.00317. The van der Waals surface area contributed by atoms with E-state index in [9.17, 15) is 9.59 Å². The Balaban J connectivity index is 1.61. The lowest BCUT2D eigenvalue weighted by Gasteiger charge is -2.33. The highest BCUT2D eigenvalue weighted by Gasteiger charge is 2.30. The third kappa shape index (κ3) is 4.73. The van der Waals surface area contributed by atoms with E-state index in [0.29, 0.717) is 16.7 Å². The fourth-order valence-electron chi connectivity index (χ4n) is 4.28. The number of hydrogen-bond donors (Lipinski definition) is 0. The average molecular weight is 409 g/mol. The topological polar surface area (TPSA) is 40.6 Å². The third-order valence-corrected chi connectivity index (χ3v) is 7.00. The van der Waals surface area contributed by atoms with Crippen LogP contribution in [0, 0.1) is 0 Å². The summed E-state index contributed by atoms with van der Waals surface area (Å²) in [6.07, 6.45) is 3.51. The van der Waals surface area contributed by atoms with E-state index in [4.69, 9.17) is 0 Å². The second-order valence-corrected chi connectivity index (χ2v) is 8.98. The molecule has 0 aromatic heterocycles. The first-order valence-electron chi connectivity index (χ1n) is 10.5. The van der Waals surface area contributed by atoms with Crippen LogP contribution in [0.1, 0.15) is 45.5 Å². The summed E-state index contributed by atoms with van der Waals surface area (Å²) in [6.45, 7) is 3.96. The molecule has 152 valence electrons. The normalized spacial score (nSPS) is 20.4. The molecule has 0 saturated carbocycles. The maximum Gasteiger partial charge on any atom is 0.254 e. The molecule has 0 radical (unpaired) electrons. The summed E-state index contributed by atoms with van der Waals surface area (Å²) in [7, 11) is 0. The lowest BCUT2D eigenvalue weighted by Crippen LogP contribution is -2.48. The minimum Gasteiger partial charge on any atom is -0.333 e. The summed E-state index contributed by atoms with van der Waals surface area (Å²) in [6, 6.07) is 16.7. The van der Waals surface area contributed by atoms with Crippen molar-refractivity contribution < 1.29 is 9.59 Å². The van der Waals surface area contributed by atoms with Crippen LogP contribution in [0.4, 0.5) is 0 Å². The molecule has 4 nitrogen and oxygen atoms in total. The van der Waals surface area contributed by atoms with Gasteiger partial charge in [-0.2, -0.15) is 11.8 Å². The van der Waals surface area contributed by atoms with Gasteiger partial charge in [-0.25, -0.2) is 0 Å². The molecule has 2 aliphatic rings. The van der Waals surface area contributed by atoms with Gasteiger partial charge in [-0.3, -0.25) is 9.59 Å². The molecule has 0 N–H and O–H groups in total. The molecule has 1 unspecified atom stereocenters. The highest BCUT2D eigenvalue weighted by molar-refractivity contribution is 7.99. The quantitative estimate of drug-likeness (QED) is 0.702. The fourth-order valence-corrected chi connectivity index (χ4v) is 5.34. The van der Waals surface area contributed by atoms with Crippen molar-refractivity contribution in [2.45, 2.75) is 25.3 Å². The van der Waals surface area contributed by atoms with E-state index in [2.05, 4.69) is 4.90 Å². The number of carbonyl (C=O) groups excluding carboxylic acids is 2. The van der Waals surface area contributed by atoms with Crippen molar-refractivity contribution in [3.63, 3.8) is 0 Å². The van der Waals surface area contributed by atoms with Gasteiger partial charge in [-0.05, 0) is 44.2 Å². The zero-order valence-corrected chi connectivity index (χ0v) is 17.6. The first-order chi connectivity index (χ1) is 14.2. The molecule has 2 aliphatic heterocycles. The summed E-state index contributed by atoms with van der Waals surface area (Å²) < 4.78 is 0. The van der Waals surface area contributed by atoms with Gasteiger partial charge in [0.05, 0.1) is 11.6 Å². The SMILES string of the molecule is O=C(c1ccccc1)c1ccccc1C(=O)N1CCCSCC1CN1CCCC1. The molecule has 2 aromatic carbocycles. The molecule has 2 heterocycles. The van der Waals surface area contributed by atoms with Crippen LogP contribution in [0.25, 0.3) is 0 Å². The van der Waals surface area contributed by atoms with Gasteiger partial charge in [0.2, 0.25) is 0 Å². The van der Waals surface area contributed by atoms with E-state index >= 15 is 0 Å². The molecule has 2 saturated heterocycles. The zero-order valence-electron chi connectivity index (χ0n) is 16.8. The van der Waals surface area contributed by atoms with Crippen LogP contribution < -0.4 is 0 Å². The number of nitrogens with zero attached hydrogens (tertiary/aromatic N) is 2. The van der Waals surface area contributed by atoms with Crippen LogP contribution in [-0.4, -0.2) is 65.2 Å². The minimum atomic E-state index is -0.0881. The van der Waals surface area contributed by atoms with Gasteiger partial charge in [-0.15, -0.1) is 0 Å².